The Hall–Kier alpha value is -0.366. The molecule has 1 radical (unpaired) electrons. The molecule has 8 heteroatoms. The van der Waals surface area contributed by atoms with Gasteiger partial charge in [0.1, 0.15) is 12.3 Å². The molecule has 0 aromatic rings. The van der Waals surface area contributed by atoms with Crippen LogP contribution in [0, 0.1) is 13.8 Å². The third-order valence-corrected chi connectivity index (χ3v) is 2.96. The summed E-state index contributed by atoms with van der Waals surface area (Å²) in [6.07, 6.45) is 3.17. The van der Waals surface area contributed by atoms with Crippen molar-refractivity contribution in [2.24, 2.45) is 0 Å². The maximum absolute atomic E-state index is 11.8. The van der Waals surface area contributed by atoms with Gasteiger partial charge in [-0.05, 0) is 20.8 Å². The molecule has 1 heterocycles. The Morgan fingerprint density at radius 1 is 1.38 bits per heavy atom. The summed E-state index contributed by atoms with van der Waals surface area (Å²) in [4.78, 5) is 23.8. The quantitative estimate of drug-likeness (QED) is 0.685. The number of amides is 2. The predicted octanol–water partition coefficient (Wildman–Crippen LogP) is 2.21. The fraction of sp³-hybridized carbons (Fsp3) is 0.750. The van der Waals surface area contributed by atoms with E-state index >= 15 is 0 Å². The Morgan fingerprint density at radius 3 is 2.33 bits per heavy atom. The van der Waals surface area contributed by atoms with Crippen LogP contribution in [0.1, 0.15) is 47.0 Å². The van der Waals surface area contributed by atoms with Gasteiger partial charge in [-0.2, -0.15) is 11.5 Å². The molecular formula is C16H31N3O4Y-2. The van der Waals surface area contributed by atoms with Crippen molar-refractivity contribution in [2.45, 2.75) is 58.6 Å². The second kappa shape index (κ2) is 12.9. The van der Waals surface area contributed by atoms with E-state index in [4.69, 9.17) is 4.74 Å². The fourth-order valence-corrected chi connectivity index (χ4v) is 1.81. The van der Waals surface area contributed by atoms with E-state index in [1.165, 1.54) is 17.7 Å². The Balaban J connectivity index is 0. The molecule has 0 bridgehead atoms. The van der Waals surface area contributed by atoms with Crippen LogP contribution in [0.5, 0.6) is 0 Å². The zero-order valence-corrected chi connectivity index (χ0v) is 18.2. The minimum absolute atomic E-state index is 0. The van der Waals surface area contributed by atoms with E-state index in [1.54, 1.807) is 20.8 Å². The summed E-state index contributed by atoms with van der Waals surface area (Å²) in [5.74, 6) is -0.417. The van der Waals surface area contributed by atoms with Crippen molar-refractivity contribution in [3.8, 4) is 0 Å². The van der Waals surface area contributed by atoms with E-state index in [0.29, 0.717) is 6.54 Å². The number of unbranched alkanes of at least 4 members (excludes halogenated alkanes) is 2. The fourth-order valence-electron chi connectivity index (χ4n) is 1.81. The Labute approximate surface area is 171 Å². The Morgan fingerprint density at radius 2 is 1.96 bits per heavy atom. The molecule has 2 N–H and O–H groups in total. The largest absolute Gasteiger partial charge is 0.444 e. The molecule has 1 atom stereocenters. The summed E-state index contributed by atoms with van der Waals surface area (Å²) >= 11 is 0. The minimum Gasteiger partial charge on any atom is -0.444 e. The molecule has 0 spiro atoms. The van der Waals surface area contributed by atoms with Crippen LogP contribution in [0.15, 0.2) is 0 Å². The van der Waals surface area contributed by atoms with E-state index < -0.39 is 17.6 Å². The number of carbonyl (C=O) groups is 2. The van der Waals surface area contributed by atoms with Gasteiger partial charge in [-0.15, -0.1) is 0 Å². The monoisotopic (exact) mass is 418 g/mol. The van der Waals surface area contributed by atoms with Gasteiger partial charge in [-0.25, -0.2) is 4.79 Å². The van der Waals surface area contributed by atoms with Crippen LogP contribution in [0.2, 0.25) is 0 Å². The number of rotatable bonds is 4. The molecule has 2 amide bonds. The van der Waals surface area contributed by atoms with Gasteiger partial charge in [-0.1, -0.05) is 19.8 Å². The number of hydroxylamine groups is 2. The van der Waals surface area contributed by atoms with Crippen LogP contribution in [-0.4, -0.2) is 58.6 Å². The van der Waals surface area contributed by atoms with Crippen molar-refractivity contribution < 1.29 is 52.2 Å². The van der Waals surface area contributed by atoms with E-state index in [2.05, 4.69) is 26.1 Å². The normalized spacial score (nSPS) is 17.4. The summed E-state index contributed by atoms with van der Waals surface area (Å²) in [6, 6.07) is -0.344. The van der Waals surface area contributed by atoms with E-state index in [9.17, 15) is 14.8 Å². The van der Waals surface area contributed by atoms with Crippen molar-refractivity contribution in [3.05, 3.63) is 13.8 Å². The van der Waals surface area contributed by atoms with Crippen molar-refractivity contribution in [2.75, 3.05) is 19.8 Å². The van der Waals surface area contributed by atoms with Gasteiger partial charge in [-0.3, -0.25) is 4.90 Å². The second-order valence-electron chi connectivity index (χ2n) is 6.45. The van der Waals surface area contributed by atoms with E-state index in [0.717, 1.165) is 11.5 Å². The number of hydrogen-bond acceptors (Lipinski definition) is 5. The molecule has 1 aliphatic rings. The first-order valence-electron chi connectivity index (χ1n) is 7.93. The first kappa shape index (κ1) is 25.9. The smallest absolute Gasteiger partial charge is 0.411 e. The molecule has 7 nitrogen and oxygen atoms in total. The van der Waals surface area contributed by atoms with Gasteiger partial charge in [0.25, 0.3) is 0 Å². The van der Waals surface area contributed by atoms with Gasteiger partial charge in [0, 0.05) is 45.8 Å². The Kier molecular flexibility index (Phi) is 13.9. The molecule has 1 aliphatic heterocycles. The average Bonchev–Trinajstić information content (AvgIpc) is 2.78. The molecule has 0 saturated carbocycles. The average molecular weight is 418 g/mol. The van der Waals surface area contributed by atoms with Gasteiger partial charge >= 0.3 is 6.09 Å². The number of hydrogen-bond donors (Lipinski definition) is 2. The summed E-state index contributed by atoms with van der Waals surface area (Å²) in [6.45, 7) is 14.9. The van der Waals surface area contributed by atoms with E-state index in [1.807, 2.05) is 0 Å². The third-order valence-electron chi connectivity index (χ3n) is 2.96. The summed E-state index contributed by atoms with van der Waals surface area (Å²) < 4.78 is 5.19. The van der Waals surface area contributed by atoms with Crippen LogP contribution in [0.25, 0.3) is 0 Å². The standard InChI is InChI=1S/C11H20N3O4.C5H11.Y/c1-8(15)12-5-9-6-13(7-14(9)17)10(16)18-11(2,3)4;1-3-5-4-2;/h9,17H,1,5-7H2,2-4H3,(H,12,15);1,3-5H2,2H3;/q2*-1;. The van der Waals surface area contributed by atoms with Crippen LogP contribution >= 0.6 is 0 Å². The zero-order chi connectivity index (χ0) is 18.0. The number of nitrogens with zero attached hydrogens (tertiary/aromatic N) is 2. The molecule has 24 heavy (non-hydrogen) atoms. The SMILES string of the molecule is [CH2-]C(=O)NCC1CN(C(=O)OC(C)(C)C)CN1O.[CH2-]CCCC.[Y]. The molecule has 1 saturated heterocycles. The van der Waals surface area contributed by atoms with Crippen molar-refractivity contribution in [1.29, 1.82) is 0 Å². The van der Waals surface area contributed by atoms with Crippen molar-refractivity contribution in [3.63, 3.8) is 0 Å². The van der Waals surface area contributed by atoms with Crippen LogP contribution < -0.4 is 5.32 Å². The van der Waals surface area contributed by atoms with Crippen molar-refractivity contribution >= 4 is 12.0 Å². The van der Waals surface area contributed by atoms with Crippen LogP contribution in [-0.2, 0) is 42.2 Å². The number of ether oxygens (including phenoxy) is 1. The van der Waals surface area contributed by atoms with Gasteiger partial charge in [0.2, 0.25) is 0 Å². The van der Waals surface area contributed by atoms with Gasteiger partial charge < -0.3 is 33.9 Å². The summed E-state index contributed by atoms with van der Waals surface area (Å²) in [5, 5.41) is 13.1. The zero-order valence-electron chi connectivity index (χ0n) is 15.4. The van der Waals surface area contributed by atoms with Crippen LogP contribution in [0.4, 0.5) is 4.79 Å². The molecule has 0 aliphatic carbocycles. The molecular weight excluding hydrogens is 387 g/mol. The number of carbonyl (C=O) groups excluding carboxylic acids is 2. The van der Waals surface area contributed by atoms with Gasteiger partial charge in [0.15, 0.2) is 0 Å². The summed E-state index contributed by atoms with van der Waals surface area (Å²) in [5.41, 5.74) is -0.572. The molecule has 1 fully saturated rings. The molecule has 1 rings (SSSR count). The maximum atomic E-state index is 11.8. The molecule has 1 unspecified atom stereocenters. The van der Waals surface area contributed by atoms with Crippen molar-refractivity contribution in [1.82, 2.24) is 15.3 Å². The Bertz CT molecular complexity index is 373. The topological polar surface area (TPSA) is 82.1 Å². The predicted molar refractivity (Wildman–Crippen MR) is 88.5 cm³/mol. The third kappa shape index (κ3) is 12.1. The first-order chi connectivity index (χ1) is 10.6. The molecule has 0 aromatic heterocycles. The maximum Gasteiger partial charge on any atom is 0.411 e. The molecule has 139 valence electrons. The molecule has 0 aromatic carbocycles. The summed E-state index contributed by atoms with van der Waals surface area (Å²) in [7, 11) is 0. The second-order valence-corrected chi connectivity index (χ2v) is 6.45. The van der Waals surface area contributed by atoms with E-state index in [-0.39, 0.29) is 52.0 Å². The minimum atomic E-state index is -0.572. The number of nitrogens with one attached hydrogen (secondary N) is 1. The van der Waals surface area contributed by atoms with Crippen LogP contribution in [0.3, 0.4) is 0 Å². The van der Waals surface area contributed by atoms with Gasteiger partial charge in [0.05, 0.1) is 11.9 Å². The first-order valence-corrected chi connectivity index (χ1v) is 7.93.